The molecule has 0 aliphatic carbocycles. The smallest absolute Gasteiger partial charge is 0.342 e. The van der Waals surface area contributed by atoms with Gasteiger partial charge in [-0.2, -0.15) is 0 Å². The van der Waals surface area contributed by atoms with E-state index in [1.165, 1.54) is 6.26 Å². The van der Waals surface area contributed by atoms with Crippen molar-refractivity contribution >= 4 is 16.9 Å². The molecule has 0 aliphatic heterocycles. The van der Waals surface area contributed by atoms with Crippen molar-refractivity contribution in [3.05, 3.63) is 30.0 Å². The lowest BCUT2D eigenvalue weighted by atomic mass is 10.1. The van der Waals surface area contributed by atoms with Crippen molar-refractivity contribution in [1.29, 1.82) is 0 Å². The zero-order valence-electron chi connectivity index (χ0n) is 10.9. The van der Waals surface area contributed by atoms with Crippen molar-refractivity contribution in [3.8, 4) is 5.75 Å². The van der Waals surface area contributed by atoms with Gasteiger partial charge in [0.2, 0.25) is 0 Å². The monoisotopic (exact) mass is 248 g/mol. The Bertz CT molecular complexity index is 575. The van der Waals surface area contributed by atoms with Gasteiger partial charge >= 0.3 is 5.97 Å². The molecule has 1 aromatic carbocycles. The minimum atomic E-state index is -0.528. The Hall–Kier alpha value is -1.97. The van der Waals surface area contributed by atoms with Crippen LogP contribution in [0.2, 0.25) is 0 Å². The lowest BCUT2D eigenvalue weighted by molar-refractivity contribution is 0.00709. The van der Waals surface area contributed by atoms with E-state index in [0.29, 0.717) is 22.3 Å². The average Bonchev–Trinajstić information content (AvgIpc) is 2.69. The van der Waals surface area contributed by atoms with E-state index < -0.39 is 11.6 Å². The molecule has 0 radical (unpaired) electrons. The van der Waals surface area contributed by atoms with Crippen molar-refractivity contribution in [1.82, 2.24) is 0 Å². The summed E-state index contributed by atoms with van der Waals surface area (Å²) in [6.45, 7) is 5.48. The summed E-state index contributed by atoms with van der Waals surface area (Å²) in [6, 6.07) is 5.31. The molecule has 0 saturated heterocycles. The molecule has 0 bridgehead atoms. The number of rotatable bonds is 2. The third-order valence-corrected chi connectivity index (χ3v) is 2.40. The third-order valence-electron chi connectivity index (χ3n) is 2.40. The predicted molar refractivity (Wildman–Crippen MR) is 67.9 cm³/mol. The summed E-state index contributed by atoms with van der Waals surface area (Å²) >= 11 is 0. The van der Waals surface area contributed by atoms with Crippen molar-refractivity contribution < 1.29 is 18.7 Å². The highest BCUT2D eigenvalue weighted by atomic mass is 16.6. The number of furan rings is 1. The molecule has 0 amide bonds. The zero-order chi connectivity index (χ0) is 13.3. The Kier molecular flexibility index (Phi) is 3.03. The molecule has 1 heterocycles. The maximum Gasteiger partial charge on any atom is 0.342 e. The Labute approximate surface area is 105 Å². The summed E-state index contributed by atoms with van der Waals surface area (Å²) in [5.41, 5.74) is 0.523. The van der Waals surface area contributed by atoms with Gasteiger partial charge in [-0.1, -0.05) is 0 Å². The van der Waals surface area contributed by atoms with Crippen LogP contribution in [-0.2, 0) is 4.74 Å². The molecular weight excluding hydrogens is 232 g/mol. The van der Waals surface area contributed by atoms with Gasteiger partial charge in [-0.15, -0.1) is 0 Å². The lowest BCUT2D eigenvalue weighted by Gasteiger charge is -2.18. The van der Waals surface area contributed by atoms with Gasteiger partial charge in [0, 0.05) is 5.39 Å². The standard InChI is InChI=1S/C14H16O4/c1-14(2,3)18-13(15)11-8-17-12-6-5-9(16-4)7-10(11)12/h5-8H,1-4H3. The first-order valence-electron chi connectivity index (χ1n) is 5.69. The molecule has 2 aromatic rings. The Morgan fingerprint density at radius 1 is 1.28 bits per heavy atom. The maximum absolute atomic E-state index is 12.0. The Morgan fingerprint density at radius 3 is 2.61 bits per heavy atom. The summed E-state index contributed by atoms with van der Waals surface area (Å²) in [7, 11) is 1.58. The van der Waals surface area contributed by atoms with Crippen LogP contribution in [0.5, 0.6) is 5.75 Å². The van der Waals surface area contributed by atoms with Crippen LogP contribution in [0.15, 0.2) is 28.9 Å². The van der Waals surface area contributed by atoms with Crippen molar-refractivity contribution in [2.24, 2.45) is 0 Å². The van der Waals surface area contributed by atoms with E-state index in [1.54, 1.807) is 25.3 Å². The molecule has 0 spiro atoms. The van der Waals surface area contributed by atoms with E-state index in [0.717, 1.165) is 0 Å². The number of fused-ring (bicyclic) bond motifs is 1. The summed E-state index contributed by atoms with van der Waals surface area (Å²) < 4.78 is 15.8. The normalized spacial score (nSPS) is 11.6. The summed E-state index contributed by atoms with van der Waals surface area (Å²) in [4.78, 5) is 12.0. The predicted octanol–water partition coefficient (Wildman–Crippen LogP) is 3.40. The van der Waals surface area contributed by atoms with Gasteiger partial charge in [-0.05, 0) is 39.0 Å². The number of methoxy groups -OCH3 is 1. The molecule has 96 valence electrons. The summed E-state index contributed by atoms with van der Waals surface area (Å²) in [5.74, 6) is 0.281. The molecule has 2 rings (SSSR count). The second-order valence-electron chi connectivity index (χ2n) is 5.01. The van der Waals surface area contributed by atoms with E-state index >= 15 is 0 Å². The SMILES string of the molecule is COc1ccc2occ(C(=O)OC(C)(C)C)c2c1. The first-order chi connectivity index (χ1) is 8.40. The van der Waals surface area contributed by atoms with E-state index in [4.69, 9.17) is 13.9 Å². The van der Waals surface area contributed by atoms with Crippen LogP contribution in [0.4, 0.5) is 0 Å². The third kappa shape index (κ3) is 2.47. The quantitative estimate of drug-likeness (QED) is 0.764. The van der Waals surface area contributed by atoms with Crippen molar-refractivity contribution in [2.75, 3.05) is 7.11 Å². The molecule has 0 unspecified atom stereocenters. The summed E-state index contributed by atoms with van der Waals surface area (Å²) in [6.07, 6.45) is 1.41. The lowest BCUT2D eigenvalue weighted by Crippen LogP contribution is -2.23. The number of esters is 1. The fraction of sp³-hybridized carbons (Fsp3) is 0.357. The number of benzene rings is 1. The number of ether oxygens (including phenoxy) is 2. The topological polar surface area (TPSA) is 48.7 Å². The molecule has 0 atom stereocenters. The first kappa shape index (κ1) is 12.5. The second kappa shape index (κ2) is 4.37. The van der Waals surface area contributed by atoms with Crippen LogP contribution in [0.25, 0.3) is 11.0 Å². The fourth-order valence-corrected chi connectivity index (χ4v) is 1.63. The highest BCUT2D eigenvalue weighted by Crippen LogP contribution is 2.27. The molecule has 4 nitrogen and oxygen atoms in total. The van der Waals surface area contributed by atoms with Gasteiger partial charge in [0.15, 0.2) is 0 Å². The number of hydrogen-bond acceptors (Lipinski definition) is 4. The largest absolute Gasteiger partial charge is 0.497 e. The van der Waals surface area contributed by atoms with E-state index in [-0.39, 0.29) is 0 Å². The van der Waals surface area contributed by atoms with E-state index in [1.807, 2.05) is 20.8 Å². The second-order valence-corrected chi connectivity index (χ2v) is 5.01. The highest BCUT2D eigenvalue weighted by Gasteiger charge is 2.21. The van der Waals surface area contributed by atoms with Crippen LogP contribution < -0.4 is 4.74 Å². The molecule has 1 aromatic heterocycles. The van der Waals surface area contributed by atoms with Gasteiger partial charge in [0.25, 0.3) is 0 Å². The van der Waals surface area contributed by atoms with Crippen LogP contribution in [0, 0.1) is 0 Å². The van der Waals surface area contributed by atoms with Gasteiger partial charge in [-0.25, -0.2) is 4.79 Å². The van der Waals surface area contributed by atoms with Crippen LogP contribution in [0.1, 0.15) is 31.1 Å². The first-order valence-corrected chi connectivity index (χ1v) is 5.69. The molecule has 18 heavy (non-hydrogen) atoms. The number of carbonyl (C=O) groups is 1. The van der Waals surface area contributed by atoms with Gasteiger partial charge in [0.1, 0.15) is 28.8 Å². The van der Waals surface area contributed by atoms with Crippen LogP contribution in [0.3, 0.4) is 0 Å². The molecule has 0 saturated carbocycles. The highest BCUT2D eigenvalue weighted by molar-refractivity contribution is 6.03. The van der Waals surface area contributed by atoms with Gasteiger partial charge in [-0.3, -0.25) is 0 Å². The van der Waals surface area contributed by atoms with E-state index in [9.17, 15) is 4.79 Å². The Balaban J connectivity index is 2.42. The minimum absolute atomic E-state index is 0.394. The van der Waals surface area contributed by atoms with Gasteiger partial charge in [0.05, 0.1) is 7.11 Å². The number of carbonyl (C=O) groups excluding carboxylic acids is 1. The molecule has 0 fully saturated rings. The maximum atomic E-state index is 12.0. The van der Waals surface area contributed by atoms with Crippen molar-refractivity contribution in [2.45, 2.75) is 26.4 Å². The fourth-order valence-electron chi connectivity index (χ4n) is 1.63. The molecule has 0 N–H and O–H groups in total. The molecule has 0 aliphatic rings. The van der Waals surface area contributed by atoms with E-state index in [2.05, 4.69) is 0 Å². The van der Waals surface area contributed by atoms with Crippen LogP contribution >= 0.6 is 0 Å². The molecular formula is C14H16O4. The zero-order valence-corrected chi connectivity index (χ0v) is 10.9. The van der Waals surface area contributed by atoms with Crippen LogP contribution in [-0.4, -0.2) is 18.7 Å². The number of hydrogen-bond donors (Lipinski definition) is 0. The average molecular weight is 248 g/mol. The summed E-state index contributed by atoms with van der Waals surface area (Å²) in [5, 5.41) is 0.698. The van der Waals surface area contributed by atoms with Gasteiger partial charge < -0.3 is 13.9 Å². The van der Waals surface area contributed by atoms with Crippen molar-refractivity contribution in [3.63, 3.8) is 0 Å². The minimum Gasteiger partial charge on any atom is -0.497 e. The Morgan fingerprint density at radius 2 is 2.00 bits per heavy atom. The molecule has 4 heteroatoms.